The number of methoxy groups -OCH3 is 2. The second-order valence-electron chi connectivity index (χ2n) is 6.12. The van der Waals surface area contributed by atoms with Gasteiger partial charge in [-0.25, -0.2) is 9.59 Å². The molecule has 2 rings (SSSR count). The van der Waals surface area contributed by atoms with Crippen molar-refractivity contribution in [3.63, 3.8) is 0 Å². The first-order valence-electron chi connectivity index (χ1n) is 8.08. The van der Waals surface area contributed by atoms with Gasteiger partial charge in [0.15, 0.2) is 11.5 Å². The van der Waals surface area contributed by atoms with Gasteiger partial charge in [0.1, 0.15) is 0 Å². The Bertz CT molecular complexity index is 894. The maximum atomic E-state index is 12.0. The molecule has 1 aliphatic rings. The molecule has 0 aromatic heterocycles. The molecule has 1 aliphatic heterocycles. The molecular formula is C18H20N2O8. The van der Waals surface area contributed by atoms with Crippen LogP contribution in [0, 0.1) is 10.1 Å². The van der Waals surface area contributed by atoms with Crippen LogP contribution >= 0.6 is 0 Å². The second kappa shape index (κ2) is 7.59. The number of rotatable bonds is 6. The Morgan fingerprint density at radius 2 is 1.46 bits per heavy atom. The van der Waals surface area contributed by atoms with Crippen molar-refractivity contribution < 1.29 is 34.2 Å². The van der Waals surface area contributed by atoms with Crippen molar-refractivity contribution in [1.29, 1.82) is 0 Å². The summed E-state index contributed by atoms with van der Waals surface area (Å²) >= 11 is 0. The van der Waals surface area contributed by atoms with Gasteiger partial charge in [-0.1, -0.05) is 0 Å². The van der Waals surface area contributed by atoms with Crippen LogP contribution in [0.1, 0.15) is 25.3 Å². The number of nitro groups is 1. The van der Waals surface area contributed by atoms with Crippen molar-refractivity contribution in [2.45, 2.75) is 19.8 Å². The van der Waals surface area contributed by atoms with E-state index in [2.05, 4.69) is 0 Å². The lowest BCUT2D eigenvalue weighted by Gasteiger charge is -2.34. The molecule has 0 atom stereocenters. The third-order valence-electron chi connectivity index (χ3n) is 4.86. The molecule has 0 aliphatic carbocycles. The van der Waals surface area contributed by atoms with E-state index in [-0.39, 0.29) is 39.6 Å². The second-order valence-corrected chi connectivity index (χ2v) is 6.12. The molecular weight excluding hydrogens is 372 g/mol. The Hall–Kier alpha value is -3.56. The van der Waals surface area contributed by atoms with Crippen LogP contribution < -0.4 is 9.47 Å². The summed E-state index contributed by atoms with van der Waals surface area (Å²) in [5.41, 5.74) is -0.538. The first-order valence-corrected chi connectivity index (χ1v) is 8.08. The number of aliphatic carboxylic acids is 2. The molecule has 2 N–H and O–H groups in total. The number of ether oxygens (including phenoxy) is 2. The number of hydrogen-bond donors (Lipinski definition) is 2. The zero-order valence-corrected chi connectivity index (χ0v) is 16.0. The van der Waals surface area contributed by atoms with E-state index < -0.39 is 28.5 Å². The maximum Gasteiger partial charge on any atom is 0.334 e. The van der Waals surface area contributed by atoms with Crippen LogP contribution in [0.4, 0.5) is 5.69 Å². The minimum absolute atomic E-state index is 0.0704. The third kappa shape index (κ3) is 3.24. The molecule has 28 heavy (non-hydrogen) atoms. The molecule has 150 valence electrons. The first-order chi connectivity index (χ1) is 13.1. The largest absolute Gasteiger partial charge is 0.493 e. The van der Waals surface area contributed by atoms with E-state index in [4.69, 9.17) is 9.47 Å². The lowest BCUT2D eigenvalue weighted by atomic mass is 9.79. The molecule has 0 saturated heterocycles. The molecule has 0 radical (unpaired) electrons. The number of allylic oxidation sites excluding steroid dienone is 2. The monoisotopic (exact) mass is 392 g/mol. The molecule has 1 heterocycles. The Labute approximate surface area is 160 Å². The predicted molar refractivity (Wildman–Crippen MR) is 97.4 cm³/mol. The smallest absolute Gasteiger partial charge is 0.334 e. The van der Waals surface area contributed by atoms with Gasteiger partial charge in [0.25, 0.3) is 5.69 Å². The number of benzene rings is 1. The zero-order chi connectivity index (χ0) is 21.3. The fourth-order valence-electron chi connectivity index (χ4n) is 3.32. The maximum absolute atomic E-state index is 12.0. The van der Waals surface area contributed by atoms with Gasteiger partial charge in [-0.15, -0.1) is 0 Å². The number of nitro benzene ring substituents is 1. The Kier molecular flexibility index (Phi) is 5.62. The predicted octanol–water partition coefficient (Wildman–Crippen LogP) is 2.36. The van der Waals surface area contributed by atoms with Crippen molar-refractivity contribution in [1.82, 2.24) is 4.90 Å². The molecule has 0 fully saturated rings. The Balaban J connectivity index is 2.97. The molecule has 10 nitrogen and oxygen atoms in total. The van der Waals surface area contributed by atoms with Crippen LogP contribution in [-0.2, 0) is 9.59 Å². The number of hydrogen-bond acceptors (Lipinski definition) is 7. The van der Waals surface area contributed by atoms with Crippen molar-refractivity contribution in [2.75, 3.05) is 21.3 Å². The van der Waals surface area contributed by atoms with Crippen LogP contribution in [0.2, 0.25) is 0 Å². The molecule has 1 aromatic rings. The van der Waals surface area contributed by atoms with E-state index >= 15 is 0 Å². The number of carboxylic acids is 2. The van der Waals surface area contributed by atoms with Crippen LogP contribution in [-0.4, -0.2) is 53.2 Å². The van der Waals surface area contributed by atoms with Gasteiger partial charge >= 0.3 is 11.9 Å². The number of carboxylic acid groups (broad SMARTS) is 2. The van der Waals surface area contributed by atoms with Crippen molar-refractivity contribution in [3.05, 3.63) is 50.4 Å². The molecule has 10 heteroatoms. The van der Waals surface area contributed by atoms with Crippen molar-refractivity contribution >= 4 is 17.6 Å². The first kappa shape index (κ1) is 20.7. The van der Waals surface area contributed by atoms with Crippen LogP contribution in [0.5, 0.6) is 11.5 Å². The zero-order valence-electron chi connectivity index (χ0n) is 16.0. The summed E-state index contributed by atoms with van der Waals surface area (Å²) in [5, 5.41) is 31.2. The van der Waals surface area contributed by atoms with E-state index in [1.807, 2.05) is 0 Å². The fraction of sp³-hybridized carbons (Fsp3) is 0.333. The molecule has 1 aromatic carbocycles. The van der Waals surface area contributed by atoms with Gasteiger partial charge in [0, 0.05) is 24.0 Å². The van der Waals surface area contributed by atoms with E-state index in [0.29, 0.717) is 0 Å². The SMILES string of the molecule is COc1cc(C2C(C(=O)O)=C(C)N(C)C(C)=C2C(=O)O)c([N+](=O)[O-])cc1OC. The van der Waals surface area contributed by atoms with Gasteiger partial charge in [-0.2, -0.15) is 0 Å². The highest BCUT2D eigenvalue weighted by Crippen LogP contribution is 2.47. The Morgan fingerprint density at radius 3 is 1.82 bits per heavy atom. The van der Waals surface area contributed by atoms with E-state index in [1.165, 1.54) is 46.1 Å². The highest BCUT2D eigenvalue weighted by Gasteiger charge is 2.42. The highest BCUT2D eigenvalue weighted by atomic mass is 16.6. The van der Waals surface area contributed by atoms with Gasteiger partial charge in [0.2, 0.25) is 0 Å². The molecule has 0 unspecified atom stereocenters. The highest BCUT2D eigenvalue weighted by molar-refractivity contribution is 5.99. The van der Waals surface area contributed by atoms with E-state index in [1.54, 1.807) is 0 Å². The molecule has 0 saturated carbocycles. The van der Waals surface area contributed by atoms with Gasteiger partial charge < -0.3 is 24.6 Å². The van der Waals surface area contributed by atoms with Crippen LogP contribution in [0.25, 0.3) is 0 Å². The minimum Gasteiger partial charge on any atom is -0.493 e. The fourth-order valence-corrected chi connectivity index (χ4v) is 3.32. The van der Waals surface area contributed by atoms with Gasteiger partial charge in [-0.3, -0.25) is 10.1 Å². The summed E-state index contributed by atoms with van der Waals surface area (Å²) in [6.07, 6.45) is 0. The normalized spacial score (nSPS) is 15.0. The summed E-state index contributed by atoms with van der Waals surface area (Å²) in [6, 6.07) is 2.34. The van der Waals surface area contributed by atoms with E-state index in [0.717, 1.165) is 6.07 Å². The average molecular weight is 392 g/mol. The summed E-state index contributed by atoms with van der Waals surface area (Å²) in [6.45, 7) is 3.04. The molecule has 0 spiro atoms. The van der Waals surface area contributed by atoms with Crippen molar-refractivity contribution in [3.8, 4) is 11.5 Å². The third-order valence-corrected chi connectivity index (χ3v) is 4.86. The minimum atomic E-state index is -1.37. The summed E-state index contributed by atoms with van der Waals surface area (Å²) in [4.78, 5) is 36.4. The summed E-state index contributed by atoms with van der Waals surface area (Å²) < 4.78 is 10.3. The molecule has 0 bridgehead atoms. The summed E-state index contributed by atoms with van der Waals surface area (Å²) in [7, 11) is 4.16. The lowest BCUT2D eigenvalue weighted by molar-refractivity contribution is -0.385. The standard InChI is InChI=1S/C18H20N2O8/c1-8-14(17(21)22)16(15(18(23)24)9(2)19(8)3)10-6-12(27-4)13(28-5)7-11(10)20(25)26/h6-7,16H,1-5H3,(H,21,22)(H,23,24). The van der Waals surface area contributed by atoms with E-state index in [9.17, 15) is 29.9 Å². The topological polar surface area (TPSA) is 139 Å². The van der Waals surface area contributed by atoms with Crippen LogP contribution in [0.3, 0.4) is 0 Å². The molecule has 0 amide bonds. The van der Waals surface area contributed by atoms with Crippen LogP contribution in [0.15, 0.2) is 34.7 Å². The Morgan fingerprint density at radius 1 is 1.04 bits per heavy atom. The van der Waals surface area contributed by atoms with Crippen molar-refractivity contribution in [2.24, 2.45) is 0 Å². The lowest BCUT2D eigenvalue weighted by Crippen LogP contribution is -2.32. The van der Waals surface area contributed by atoms with Gasteiger partial charge in [-0.05, 0) is 19.9 Å². The van der Waals surface area contributed by atoms with Gasteiger partial charge in [0.05, 0.1) is 42.3 Å². The number of nitrogens with zero attached hydrogens (tertiary/aromatic N) is 2. The quantitative estimate of drug-likeness (QED) is 0.551. The summed E-state index contributed by atoms with van der Waals surface area (Å²) in [5.74, 6) is -3.92. The number of carbonyl (C=O) groups is 2. The average Bonchev–Trinajstić information content (AvgIpc) is 2.63.